The summed E-state index contributed by atoms with van der Waals surface area (Å²) in [7, 11) is 5.44. The molecule has 0 heterocycles. The highest BCUT2D eigenvalue weighted by Gasteiger charge is 2.05. The van der Waals surface area contributed by atoms with Crippen LogP contribution >= 0.6 is 0 Å². The largest absolute Gasteiger partial charge is 0.309 e. The second-order valence-electron chi connectivity index (χ2n) is 3.15. The summed E-state index contributed by atoms with van der Waals surface area (Å²) in [6, 6.07) is 0. The van der Waals surface area contributed by atoms with E-state index < -0.39 is 0 Å². The van der Waals surface area contributed by atoms with Crippen LogP contribution in [0.1, 0.15) is 20.8 Å². The highest BCUT2D eigenvalue weighted by molar-refractivity contribution is 4.56. The van der Waals surface area contributed by atoms with Crippen LogP contribution in [0.25, 0.3) is 0 Å². The quantitative estimate of drug-likeness (QED) is 0.608. The predicted octanol–water partition coefficient (Wildman–Crippen LogP) is 2.03. The lowest BCUT2D eigenvalue weighted by Crippen LogP contribution is -2.26. The van der Waals surface area contributed by atoms with E-state index in [0.29, 0.717) is 12.5 Å². The Hall–Kier alpha value is -0.150. The van der Waals surface area contributed by atoms with Gasteiger partial charge in [0.1, 0.15) is 0 Å². The van der Waals surface area contributed by atoms with Crippen molar-refractivity contribution < 1.29 is 4.48 Å². The van der Waals surface area contributed by atoms with Crippen molar-refractivity contribution in [2.75, 3.05) is 34.2 Å². The van der Waals surface area contributed by atoms with Crippen LogP contribution < -0.4 is 0 Å². The first-order chi connectivity index (χ1) is 5.52. The molecule has 0 saturated heterocycles. The van der Waals surface area contributed by atoms with Crippen molar-refractivity contribution in [2.24, 2.45) is 5.92 Å². The van der Waals surface area contributed by atoms with Gasteiger partial charge in [-0.3, -0.25) is 0 Å². The van der Waals surface area contributed by atoms with E-state index in [1.807, 2.05) is 34.9 Å². The van der Waals surface area contributed by atoms with Crippen molar-refractivity contribution in [1.82, 2.24) is 10.0 Å². The van der Waals surface area contributed by atoms with Crippen molar-refractivity contribution in [3.63, 3.8) is 0 Å². The Labute approximate surface area is 76.3 Å². The molecule has 0 aromatic heterocycles. The first kappa shape index (κ1) is 14.4. The fraction of sp³-hybridized carbons (Fsp3) is 1.00. The van der Waals surface area contributed by atoms with E-state index in [0.717, 1.165) is 11.7 Å². The van der Waals surface area contributed by atoms with Gasteiger partial charge in [0.2, 0.25) is 0 Å². The molecule has 0 aromatic rings. The van der Waals surface area contributed by atoms with E-state index in [1.54, 1.807) is 0 Å². The molecule has 2 nitrogen and oxygen atoms in total. The standard InChI is InChI=1S/C7H17FN2.C2H6/c1-7(5-9(2)3)6-10(4)8;1-2/h7H,5-6H2,1-4H3;1-2H3/t7-;/m1./s1. The average Bonchev–Trinajstić information content (AvgIpc) is 1.87. The molecule has 0 unspecified atom stereocenters. The molecule has 3 heteroatoms. The minimum atomic E-state index is 0.394. The molecule has 0 aliphatic carbocycles. The Morgan fingerprint density at radius 1 is 1.08 bits per heavy atom. The molecule has 0 spiro atoms. The molecule has 1 atom stereocenters. The third kappa shape index (κ3) is 12.5. The van der Waals surface area contributed by atoms with Crippen LogP contribution in [0.3, 0.4) is 0 Å². The molecule has 0 N–H and O–H groups in total. The third-order valence-corrected chi connectivity index (χ3v) is 1.24. The maximum absolute atomic E-state index is 12.2. The van der Waals surface area contributed by atoms with Crippen LogP contribution in [0.2, 0.25) is 0 Å². The lowest BCUT2D eigenvalue weighted by atomic mass is 10.2. The summed E-state index contributed by atoms with van der Waals surface area (Å²) >= 11 is 0. The van der Waals surface area contributed by atoms with Crippen LogP contribution in [0, 0.1) is 5.92 Å². The molecule has 0 fully saturated rings. The first-order valence-corrected chi connectivity index (χ1v) is 4.54. The lowest BCUT2D eigenvalue weighted by molar-refractivity contribution is 0.0396. The van der Waals surface area contributed by atoms with Crippen LogP contribution in [0.4, 0.5) is 4.48 Å². The van der Waals surface area contributed by atoms with Crippen LogP contribution in [-0.4, -0.2) is 44.3 Å². The SMILES string of the molecule is CC.C[C@H](CN(C)C)CN(C)F. The molecule has 0 aliphatic heterocycles. The zero-order valence-corrected chi connectivity index (χ0v) is 9.26. The number of hydrogen-bond acceptors (Lipinski definition) is 2. The van der Waals surface area contributed by atoms with Crippen molar-refractivity contribution >= 4 is 0 Å². The molecule has 0 saturated carbocycles. The second kappa shape index (κ2) is 8.94. The van der Waals surface area contributed by atoms with Gasteiger partial charge >= 0.3 is 0 Å². The van der Waals surface area contributed by atoms with Crippen molar-refractivity contribution in [2.45, 2.75) is 20.8 Å². The van der Waals surface area contributed by atoms with Gasteiger partial charge in [0, 0.05) is 20.1 Å². The fourth-order valence-electron chi connectivity index (χ4n) is 1.11. The minimum Gasteiger partial charge on any atom is -0.309 e. The zero-order chi connectivity index (χ0) is 10.1. The zero-order valence-electron chi connectivity index (χ0n) is 9.26. The van der Waals surface area contributed by atoms with E-state index in [-0.39, 0.29) is 0 Å². The Morgan fingerprint density at radius 3 is 1.75 bits per heavy atom. The summed E-state index contributed by atoms with van der Waals surface area (Å²) in [5.74, 6) is 0.394. The first-order valence-electron chi connectivity index (χ1n) is 4.54. The summed E-state index contributed by atoms with van der Waals surface area (Å²) in [5.41, 5.74) is 0. The minimum absolute atomic E-state index is 0.394. The van der Waals surface area contributed by atoms with Gasteiger partial charge in [-0.25, -0.2) is 0 Å². The van der Waals surface area contributed by atoms with E-state index in [9.17, 15) is 4.48 Å². The summed E-state index contributed by atoms with van der Waals surface area (Å²) in [6.45, 7) is 7.49. The average molecular weight is 178 g/mol. The molecule has 12 heavy (non-hydrogen) atoms. The summed E-state index contributed by atoms with van der Waals surface area (Å²) in [4.78, 5) is 2.06. The molecule has 0 aromatic carbocycles. The summed E-state index contributed by atoms with van der Waals surface area (Å²) in [5, 5.41) is 0.730. The molecule has 0 aliphatic rings. The van der Waals surface area contributed by atoms with Gasteiger partial charge in [0.25, 0.3) is 0 Å². The Morgan fingerprint density at radius 2 is 1.50 bits per heavy atom. The molecule has 0 radical (unpaired) electrons. The van der Waals surface area contributed by atoms with E-state index in [4.69, 9.17) is 0 Å². The number of halogens is 1. The van der Waals surface area contributed by atoms with E-state index >= 15 is 0 Å². The molecule has 0 amide bonds. The van der Waals surface area contributed by atoms with E-state index in [2.05, 4.69) is 4.90 Å². The molecular formula is C9H23FN2. The molecule has 0 rings (SSSR count). The summed E-state index contributed by atoms with van der Waals surface area (Å²) in [6.07, 6.45) is 0. The number of rotatable bonds is 4. The van der Waals surface area contributed by atoms with Gasteiger partial charge in [-0.2, -0.15) is 0 Å². The van der Waals surface area contributed by atoms with Crippen LogP contribution in [0.15, 0.2) is 0 Å². The van der Waals surface area contributed by atoms with Crippen LogP contribution in [0.5, 0.6) is 0 Å². The number of hydrogen-bond donors (Lipinski definition) is 0. The molecule has 76 valence electrons. The van der Waals surface area contributed by atoms with E-state index in [1.165, 1.54) is 7.05 Å². The maximum atomic E-state index is 12.2. The van der Waals surface area contributed by atoms with Gasteiger partial charge in [0.15, 0.2) is 0 Å². The normalized spacial score (nSPS) is 12.8. The predicted molar refractivity (Wildman–Crippen MR) is 52.8 cm³/mol. The van der Waals surface area contributed by atoms with Gasteiger partial charge in [-0.1, -0.05) is 20.8 Å². The third-order valence-electron chi connectivity index (χ3n) is 1.24. The fourth-order valence-corrected chi connectivity index (χ4v) is 1.11. The van der Waals surface area contributed by atoms with Crippen molar-refractivity contribution in [1.29, 1.82) is 0 Å². The highest BCUT2D eigenvalue weighted by Crippen LogP contribution is 1.98. The Kier molecular flexibility index (Phi) is 10.7. The van der Waals surface area contributed by atoms with Gasteiger partial charge in [-0.15, -0.1) is 9.60 Å². The topological polar surface area (TPSA) is 6.48 Å². The van der Waals surface area contributed by atoms with Gasteiger partial charge < -0.3 is 4.90 Å². The summed E-state index contributed by atoms with van der Waals surface area (Å²) < 4.78 is 12.2. The highest BCUT2D eigenvalue weighted by atomic mass is 19.2. The Bertz CT molecular complexity index is 74.6. The monoisotopic (exact) mass is 178 g/mol. The lowest BCUT2D eigenvalue weighted by Gasteiger charge is -2.17. The Balaban J connectivity index is 0. The van der Waals surface area contributed by atoms with Crippen molar-refractivity contribution in [3.8, 4) is 0 Å². The van der Waals surface area contributed by atoms with Gasteiger partial charge in [-0.05, 0) is 20.0 Å². The molecule has 0 bridgehead atoms. The van der Waals surface area contributed by atoms with Gasteiger partial charge in [0.05, 0.1) is 0 Å². The maximum Gasteiger partial charge on any atom is 0.0325 e. The second-order valence-corrected chi connectivity index (χ2v) is 3.15. The van der Waals surface area contributed by atoms with Crippen LogP contribution in [-0.2, 0) is 0 Å². The molecular weight excluding hydrogens is 155 g/mol. The number of nitrogens with zero attached hydrogens (tertiary/aromatic N) is 2. The van der Waals surface area contributed by atoms with Crippen molar-refractivity contribution in [3.05, 3.63) is 0 Å². The smallest absolute Gasteiger partial charge is 0.0325 e.